The zero-order valence-corrected chi connectivity index (χ0v) is 18.6. The van der Waals surface area contributed by atoms with E-state index in [1.165, 1.54) is 24.3 Å². The van der Waals surface area contributed by atoms with Crippen molar-refractivity contribution in [3.8, 4) is 17.0 Å². The summed E-state index contributed by atoms with van der Waals surface area (Å²) in [5.41, 5.74) is 2.36. The van der Waals surface area contributed by atoms with Crippen molar-refractivity contribution in [2.45, 2.75) is 12.9 Å². The first-order chi connectivity index (χ1) is 15.9. The number of anilines is 1. The summed E-state index contributed by atoms with van der Waals surface area (Å²) in [6, 6.07) is 15.2. The van der Waals surface area contributed by atoms with Gasteiger partial charge < -0.3 is 19.5 Å². The van der Waals surface area contributed by atoms with Gasteiger partial charge in [0.2, 0.25) is 0 Å². The Labute approximate surface area is 194 Å². The first kappa shape index (κ1) is 23.4. The Morgan fingerprint density at radius 2 is 1.79 bits per heavy atom. The summed E-state index contributed by atoms with van der Waals surface area (Å²) in [6.45, 7) is 6.12. The quantitative estimate of drug-likeness (QED) is 0.467. The number of hydrogen-bond donors (Lipinski definition) is 1. The molecule has 0 aliphatic carbocycles. The highest BCUT2D eigenvalue weighted by molar-refractivity contribution is 6.30. The van der Waals surface area contributed by atoms with Crippen LogP contribution in [-0.4, -0.2) is 55.7 Å². The maximum absolute atomic E-state index is 12.3. The smallest absolute Gasteiger partial charge is 0.406 e. The van der Waals surface area contributed by atoms with Gasteiger partial charge in [-0.05, 0) is 42.5 Å². The second-order valence-corrected chi connectivity index (χ2v) is 8.17. The number of alkyl halides is 3. The van der Waals surface area contributed by atoms with Crippen molar-refractivity contribution in [1.29, 1.82) is 0 Å². The zero-order chi connectivity index (χ0) is 23.3. The van der Waals surface area contributed by atoms with Crippen molar-refractivity contribution in [3.63, 3.8) is 0 Å². The Bertz CT molecular complexity index is 1030. The van der Waals surface area contributed by atoms with Gasteiger partial charge in [-0.25, -0.2) is 0 Å². The zero-order valence-electron chi connectivity index (χ0n) is 17.8. The Kier molecular flexibility index (Phi) is 7.42. The van der Waals surface area contributed by atoms with E-state index in [-0.39, 0.29) is 5.75 Å². The third-order valence-corrected chi connectivity index (χ3v) is 5.63. The summed E-state index contributed by atoms with van der Waals surface area (Å²) in [6.07, 6.45) is -4.71. The van der Waals surface area contributed by atoms with Crippen LogP contribution in [0.5, 0.6) is 5.75 Å². The molecule has 6 nitrogen and oxygen atoms in total. The number of halogens is 4. The number of nitrogens with zero attached hydrogens (tertiary/aromatic N) is 3. The molecular weight excluding hydrogens is 457 g/mol. The van der Waals surface area contributed by atoms with Gasteiger partial charge in [-0.2, -0.15) is 0 Å². The molecule has 1 aromatic heterocycles. The van der Waals surface area contributed by atoms with Crippen molar-refractivity contribution in [3.05, 3.63) is 65.4 Å². The minimum atomic E-state index is -4.71. The van der Waals surface area contributed by atoms with Gasteiger partial charge in [0.25, 0.3) is 0 Å². The molecule has 2 aromatic carbocycles. The third kappa shape index (κ3) is 6.86. The van der Waals surface area contributed by atoms with E-state index in [2.05, 4.69) is 31.1 Å². The molecule has 0 amide bonds. The molecule has 0 radical (unpaired) electrons. The number of aromatic nitrogens is 1. The maximum atomic E-state index is 12.3. The minimum Gasteiger partial charge on any atom is -0.406 e. The summed E-state index contributed by atoms with van der Waals surface area (Å²) in [4.78, 5) is 4.75. The first-order valence-electron chi connectivity index (χ1n) is 10.6. The molecule has 33 heavy (non-hydrogen) atoms. The molecule has 1 N–H and O–H groups in total. The van der Waals surface area contributed by atoms with Gasteiger partial charge in [0.05, 0.1) is 6.54 Å². The van der Waals surface area contributed by atoms with Crippen LogP contribution in [0, 0.1) is 0 Å². The molecule has 3 aromatic rings. The average Bonchev–Trinajstić information content (AvgIpc) is 3.26. The van der Waals surface area contributed by atoms with Gasteiger partial charge in [0, 0.05) is 61.6 Å². The maximum Gasteiger partial charge on any atom is 0.573 e. The molecule has 0 unspecified atom stereocenters. The SMILES string of the molecule is FC(F)(F)Oc1ccc(-c2cc(CNCCN3CCN(c4cccc(Cl)c4)CC3)on2)cc1. The lowest BCUT2D eigenvalue weighted by molar-refractivity contribution is -0.274. The molecule has 0 bridgehead atoms. The molecule has 1 saturated heterocycles. The highest BCUT2D eigenvalue weighted by Gasteiger charge is 2.31. The van der Waals surface area contributed by atoms with Crippen LogP contribution in [0.2, 0.25) is 5.02 Å². The van der Waals surface area contributed by atoms with E-state index in [0.29, 0.717) is 23.6 Å². The third-order valence-electron chi connectivity index (χ3n) is 5.39. The van der Waals surface area contributed by atoms with Crippen LogP contribution < -0.4 is 15.0 Å². The Hall–Kier alpha value is -2.75. The van der Waals surface area contributed by atoms with Crippen LogP contribution in [0.1, 0.15) is 5.76 Å². The van der Waals surface area contributed by atoms with Crippen molar-refractivity contribution < 1.29 is 22.4 Å². The minimum absolute atomic E-state index is 0.273. The summed E-state index contributed by atoms with van der Waals surface area (Å²) in [5.74, 6) is 0.386. The van der Waals surface area contributed by atoms with Gasteiger partial charge in [-0.3, -0.25) is 4.90 Å². The lowest BCUT2D eigenvalue weighted by Crippen LogP contribution is -2.48. The first-order valence-corrected chi connectivity index (χ1v) is 11.0. The molecule has 176 valence electrons. The van der Waals surface area contributed by atoms with Crippen LogP contribution in [0.15, 0.2) is 59.1 Å². The number of hydrogen-bond acceptors (Lipinski definition) is 6. The number of ether oxygens (including phenoxy) is 1. The Morgan fingerprint density at radius 3 is 2.48 bits per heavy atom. The largest absolute Gasteiger partial charge is 0.573 e. The van der Waals surface area contributed by atoms with Crippen LogP contribution in [0.3, 0.4) is 0 Å². The van der Waals surface area contributed by atoms with E-state index in [1.807, 2.05) is 18.2 Å². The highest BCUT2D eigenvalue weighted by Crippen LogP contribution is 2.26. The second-order valence-electron chi connectivity index (χ2n) is 7.74. The molecule has 1 aliphatic rings. The van der Waals surface area contributed by atoms with Gasteiger partial charge in [0.1, 0.15) is 11.4 Å². The summed E-state index contributed by atoms with van der Waals surface area (Å²) < 4.78 is 46.0. The second kappa shape index (κ2) is 10.5. The van der Waals surface area contributed by atoms with Crippen molar-refractivity contribution in [2.24, 2.45) is 0 Å². The lowest BCUT2D eigenvalue weighted by Gasteiger charge is -2.36. The fourth-order valence-electron chi connectivity index (χ4n) is 3.71. The molecule has 4 rings (SSSR count). The van der Waals surface area contributed by atoms with Crippen LogP contribution in [0.25, 0.3) is 11.3 Å². The fraction of sp³-hybridized carbons (Fsp3) is 0.348. The molecule has 2 heterocycles. The number of piperazine rings is 1. The predicted octanol–water partition coefficient (Wildman–Crippen LogP) is 4.81. The molecule has 0 saturated carbocycles. The predicted molar refractivity (Wildman–Crippen MR) is 120 cm³/mol. The summed E-state index contributed by atoms with van der Waals surface area (Å²) in [5, 5.41) is 8.10. The standard InChI is InChI=1S/C23H24ClF3N4O2/c24-18-2-1-3-19(14-18)31-12-10-30(11-13-31)9-8-28-16-21-15-22(29-33-21)17-4-6-20(7-5-17)32-23(25,26)27/h1-7,14-15,28H,8-13,16H2. The van der Waals surface area contributed by atoms with Crippen molar-refractivity contribution >= 4 is 17.3 Å². The topological polar surface area (TPSA) is 53.8 Å². The van der Waals surface area contributed by atoms with Crippen molar-refractivity contribution in [1.82, 2.24) is 15.4 Å². The van der Waals surface area contributed by atoms with E-state index in [4.69, 9.17) is 16.1 Å². The van der Waals surface area contributed by atoms with Gasteiger partial charge >= 0.3 is 6.36 Å². The van der Waals surface area contributed by atoms with E-state index < -0.39 is 6.36 Å². The number of rotatable bonds is 8. The van der Waals surface area contributed by atoms with Crippen LogP contribution >= 0.6 is 11.6 Å². The average molecular weight is 481 g/mol. The molecule has 1 fully saturated rings. The van der Waals surface area contributed by atoms with E-state index >= 15 is 0 Å². The normalized spacial score (nSPS) is 15.1. The summed E-state index contributed by atoms with van der Waals surface area (Å²) in [7, 11) is 0. The van der Waals surface area contributed by atoms with E-state index in [0.717, 1.165) is 50.0 Å². The van der Waals surface area contributed by atoms with Gasteiger partial charge in [-0.15, -0.1) is 13.2 Å². The Balaban J connectivity index is 1.18. The van der Waals surface area contributed by atoms with Crippen LogP contribution in [0.4, 0.5) is 18.9 Å². The molecule has 0 atom stereocenters. The molecule has 0 spiro atoms. The monoisotopic (exact) mass is 480 g/mol. The molecule has 1 aliphatic heterocycles. The molecular formula is C23H24ClF3N4O2. The lowest BCUT2D eigenvalue weighted by atomic mass is 10.1. The van der Waals surface area contributed by atoms with Crippen LogP contribution in [-0.2, 0) is 6.54 Å². The van der Waals surface area contributed by atoms with E-state index in [1.54, 1.807) is 6.07 Å². The van der Waals surface area contributed by atoms with Gasteiger partial charge in [-0.1, -0.05) is 22.8 Å². The number of benzene rings is 2. The van der Waals surface area contributed by atoms with Gasteiger partial charge in [0.15, 0.2) is 5.76 Å². The fourth-order valence-corrected chi connectivity index (χ4v) is 3.90. The molecule has 10 heteroatoms. The summed E-state index contributed by atoms with van der Waals surface area (Å²) >= 11 is 6.09. The highest BCUT2D eigenvalue weighted by atomic mass is 35.5. The number of nitrogens with one attached hydrogen (secondary N) is 1. The van der Waals surface area contributed by atoms with Crippen molar-refractivity contribution in [2.75, 3.05) is 44.2 Å². The Morgan fingerprint density at radius 1 is 1.03 bits per heavy atom. The van der Waals surface area contributed by atoms with E-state index in [9.17, 15) is 13.2 Å².